The smallest absolute Gasteiger partial charge is 0.342 e. The standard InChI is InChI=1S/C15H10ClF2NO4/c16-8-1-3-10(13(20)5-8)15(22)23-7-14(21)19-12-6-9(17)2-4-11(12)18/h1-6,20H,7H2,(H,19,21). The molecular weight excluding hydrogens is 332 g/mol. The lowest BCUT2D eigenvalue weighted by Crippen LogP contribution is -2.21. The molecule has 0 saturated heterocycles. The maximum absolute atomic E-state index is 13.3. The van der Waals surface area contributed by atoms with Gasteiger partial charge in [0.25, 0.3) is 5.91 Å². The van der Waals surface area contributed by atoms with Crippen LogP contribution in [0.1, 0.15) is 10.4 Å². The first kappa shape index (κ1) is 16.7. The Morgan fingerprint density at radius 3 is 2.61 bits per heavy atom. The highest BCUT2D eigenvalue weighted by Gasteiger charge is 2.15. The predicted molar refractivity (Wildman–Crippen MR) is 78.4 cm³/mol. The van der Waals surface area contributed by atoms with E-state index in [2.05, 4.69) is 10.1 Å². The number of aromatic hydroxyl groups is 1. The maximum atomic E-state index is 13.3. The summed E-state index contributed by atoms with van der Waals surface area (Å²) >= 11 is 5.62. The minimum absolute atomic E-state index is 0.181. The van der Waals surface area contributed by atoms with Crippen LogP contribution in [0.25, 0.3) is 0 Å². The van der Waals surface area contributed by atoms with Crippen LogP contribution in [0.4, 0.5) is 14.5 Å². The van der Waals surface area contributed by atoms with Gasteiger partial charge < -0.3 is 15.2 Å². The molecule has 2 N–H and O–H groups in total. The molecule has 8 heteroatoms. The molecule has 1 amide bonds. The van der Waals surface area contributed by atoms with Crippen LogP contribution in [0.2, 0.25) is 5.02 Å². The van der Waals surface area contributed by atoms with Gasteiger partial charge in [-0.2, -0.15) is 0 Å². The van der Waals surface area contributed by atoms with Crippen molar-refractivity contribution in [2.75, 3.05) is 11.9 Å². The number of rotatable bonds is 4. The van der Waals surface area contributed by atoms with E-state index < -0.39 is 35.9 Å². The second kappa shape index (κ2) is 7.06. The number of phenolic OH excluding ortho intramolecular Hbond substituents is 1. The summed E-state index contributed by atoms with van der Waals surface area (Å²) in [6, 6.07) is 6.27. The minimum atomic E-state index is -0.964. The number of hydrogen-bond acceptors (Lipinski definition) is 4. The monoisotopic (exact) mass is 341 g/mol. The van der Waals surface area contributed by atoms with Gasteiger partial charge >= 0.3 is 5.97 Å². The summed E-state index contributed by atoms with van der Waals surface area (Å²) in [6.07, 6.45) is 0. The fourth-order valence-electron chi connectivity index (χ4n) is 1.67. The van der Waals surface area contributed by atoms with Gasteiger partial charge in [-0.15, -0.1) is 0 Å². The van der Waals surface area contributed by atoms with E-state index >= 15 is 0 Å². The number of halogens is 3. The highest BCUT2D eigenvalue weighted by atomic mass is 35.5. The molecule has 0 saturated carbocycles. The number of anilines is 1. The van der Waals surface area contributed by atoms with E-state index in [1.165, 1.54) is 12.1 Å². The van der Waals surface area contributed by atoms with Crippen molar-refractivity contribution in [2.45, 2.75) is 0 Å². The van der Waals surface area contributed by atoms with Gasteiger partial charge in [-0.25, -0.2) is 13.6 Å². The first-order valence-corrected chi connectivity index (χ1v) is 6.65. The fourth-order valence-corrected chi connectivity index (χ4v) is 1.83. The molecule has 0 aliphatic rings. The van der Waals surface area contributed by atoms with Crippen molar-refractivity contribution in [3.05, 3.63) is 58.6 Å². The van der Waals surface area contributed by atoms with Gasteiger partial charge in [-0.3, -0.25) is 4.79 Å². The summed E-state index contributed by atoms with van der Waals surface area (Å²) in [5.74, 6) is -3.80. The van der Waals surface area contributed by atoms with E-state index in [0.29, 0.717) is 0 Å². The number of hydrogen-bond donors (Lipinski definition) is 2. The van der Waals surface area contributed by atoms with E-state index in [0.717, 1.165) is 24.3 Å². The van der Waals surface area contributed by atoms with Crippen LogP contribution in [-0.2, 0) is 9.53 Å². The highest BCUT2D eigenvalue weighted by molar-refractivity contribution is 6.30. The number of carbonyl (C=O) groups is 2. The largest absolute Gasteiger partial charge is 0.507 e. The average molecular weight is 342 g/mol. The fraction of sp³-hybridized carbons (Fsp3) is 0.0667. The van der Waals surface area contributed by atoms with Crippen molar-refractivity contribution in [3.8, 4) is 5.75 Å². The Bertz CT molecular complexity index is 767. The van der Waals surface area contributed by atoms with Crippen LogP contribution in [-0.4, -0.2) is 23.6 Å². The Hall–Kier alpha value is -2.67. The van der Waals surface area contributed by atoms with Crippen molar-refractivity contribution < 1.29 is 28.2 Å². The number of ether oxygens (including phenoxy) is 1. The first-order valence-electron chi connectivity index (χ1n) is 6.27. The van der Waals surface area contributed by atoms with Crippen LogP contribution in [0.15, 0.2) is 36.4 Å². The predicted octanol–water partition coefficient (Wildman–Crippen LogP) is 3.12. The molecule has 120 valence electrons. The zero-order chi connectivity index (χ0) is 17.0. The number of phenols is 1. The van der Waals surface area contributed by atoms with Gasteiger partial charge in [0.2, 0.25) is 0 Å². The average Bonchev–Trinajstić information content (AvgIpc) is 2.48. The molecule has 23 heavy (non-hydrogen) atoms. The molecule has 2 aromatic rings. The van der Waals surface area contributed by atoms with Gasteiger partial charge in [-0.05, 0) is 30.3 Å². The number of nitrogens with one attached hydrogen (secondary N) is 1. The van der Waals surface area contributed by atoms with Gasteiger partial charge in [-0.1, -0.05) is 11.6 Å². The molecule has 0 unspecified atom stereocenters. The highest BCUT2D eigenvalue weighted by Crippen LogP contribution is 2.22. The second-order valence-corrected chi connectivity index (χ2v) is 4.85. The first-order chi connectivity index (χ1) is 10.9. The molecule has 0 bridgehead atoms. The van der Waals surface area contributed by atoms with Crippen LogP contribution in [0.3, 0.4) is 0 Å². The molecule has 5 nitrogen and oxygen atoms in total. The molecule has 2 rings (SSSR count). The SMILES string of the molecule is O=C(COC(=O)c1ccc(Cl)cc1O)Nc1cc(F)ccc1F. The lowest BCUT2D eigenvalue weighted by Gasteiger charge is -2.08. The summed E-state index contributed by atoms with van der Waals surface area (Å²) in [6.45, 7) is -0.739. The third-order valence-electron chi connectivity index (χ3n) is 2.72. The molecule has 0 aliphatic heterocycles. The summed E-state index contributed by atoms with van der Waals surface area (Å²) in [4.78, 5) is 23.3. The molecular formula is C15H10ClF2NO4. The molecule has 0 aliphatic carbocycles. The lowest BCUT2D eigenvalue weighted by molar-refractivity contribution is -0.119. The molecule has 2 aromatic carbocycles. The summed E-state index contributed by atoms with van der Waals surface area (Å²) < 4.78 is 31.0. The zero-order valence-electron chi connectivity index (χ0n) is 11.5. The van der Waals surface area contributed by atoms with Crippen molar-refractivity contribution >= 4 is 29.2 Å². The maximum Gasteiger partial charge on any atom is 0.342 e. The minimum Gasteiger partial charge on any atom is -0.507 e. The Kier molecular flexibility index (Phi) is 5.13. The van der Waals surface area contributed by atoms with Gasteiger partial charge in [0.05, 0.1) is 5.69 Å². The van der Waals surface area contributed by atoms with Crippen molar-refractivity contribution in [2.24, 2.45) is 0 Å². The molecule has 0 fully saturated rings. The van der Waals surface area contributed by atoms with Crippen LogP contribution in [0, 0.1) is 11.6 Å². The molecule has 0 aromatic heterocycles. The zero-order valence-corrected chi connectivity index (χ0v) is 12.2. The van der Waals surface area contributed by atoms with E-state index in [1.54, 1.807) is 0 Å². The van der Waals surface area contributed by atoms with E-state index in [9.17, 15) is 23.5 Å². The Morgan fingerprint density at radius 2 is 1.91 bits per heavy atom. The summed E-state index contributed by atoms with van der Waals surface area (Å²) in [5, 5.41) is 11.8. The van der Waals surface area contributed by atoms with E-state index in [-0.39, 0.29) is 16.3 Å². The molecule has 0 atom stereocenters. The topological polar surface area (TPSA) is 75.6 Å². The Balaban J connectivity index is 1.96. The third kappa shape index (κ3) is 4.40. The Labute approximate surface area is 134 Å². The van der Waals surface area contributed by atoms with E-state index in [4.69, 9.17) is 11.6 Å². The lowest BCUT2D eigenvalue weighted by atomic mass is 10.2. The summed E-state index contributed by atoms with van der Waals surface area (Å²) in [5.41, 5.74) is -0.556. The van der Waals surface area contributed by atoms with Gasteiger partial charge in [0, 0.05) is 11.1 Å². The third-order valence-corrected chi connectivity index (χ3v) is 2.95. The van der Waals surface area contributed by atoms with Crippen LogP contribution in [0.5, 0.6) is 5.75 Å². The second-order valence-electron chi connectivity index (χ2n) is 4.41. The number of carbonyl (C=O) groups excluding carboxylic acids is 2. The number of esters is 1. The number of amides is 1. The van der Waals surface area contributed by atoms with Crippen LogP contribution >= 0.6 is 11.6 Å². The molecule has 0 heterocycles. The van der Waals surface area contributed by atoms with Gasteiger partial charge in [0.1, 0.15) is 22.9 Å². The molecule has 0 radical (unpaired) electrons. The van der Waals surface area contributed by atoms with Crippen LogP contribution < -0.4 is 5.32 Å². The van der Waals surface area contributed by atoms with Gasteiger partial charge in [0.15, 0.2) is 6.61 Å². The normalized spacial score (nSPS) is 10.2. The van der Waals surface area contributed by atoms with Crippen molar-refractivity contribution in [1.82, 2.24) is 0 Å². The summed E-state index contributed by atoms with van der Waals surface area (Å²) in [7, 11) is 0. The van der Waals surface area contributed by atoms with E-state index in [1.807, 2.05) is 0 Å². The number of benzene rings is 2. The molecule has 0 spiro atoms. The Morgan fingerprint density at radius 1 is 1.17 bits per heavy atom. The quantitative estimate of drug-likeness (QED) is 0.838. The van der Waals surface area contributed by atoms with Crippen molar-refractivity contribution in [1.29, 1.82) is 0 Å². The van der Waals surface area contributed by atoms with Crippen molar-refractivity contribution in [3.63, 3.8) is 0 Å².